The van der Waals surface area contributed by atoms with Crippen molar-refractivity contribution >= 4 is 34.9 Å². The van der Waals surface area contributed by atoms with E-state index in [0.29, 0.717) is 10.7 Å². The number of ether oxygens (including phenoxy) is 2. The van der Waals surface area contributed by atoms with Crippen molar-refractivity contribution in [1.82, 2.24) is 9.78 Å². The van der Waals surface area contributed by atoms with Gasteiger partial charge in [-0.2, -0.15) is 18.3 Å². The number of esters is 1. The first-order valence-electron chi connectivity index (χ1n) is 7.64. The number of alkyl halides is 3. The first-order valence-corrected chi connectivity index (χ1v) is 8.40. The van der Waals surface area contributed by atoms with Crippen LogP contribution in [0, 0.1) is 15.9 Å². The lowest BCUT2D eigenvalue weighted by Gasteiger charge is -2.11. The fraction of sp³-hybridized carbons (Fsp3) is 0.333. The maximum Gasteiger partial charge on any atom is 0.434 e. The van der Waals surface area contributed by atoms with Crippen molar-refractivity contribution in [3.05, 3.63) is 37.7 Å². The van der Waals surface area contributed by atoms with Crippen LogP contribution in [0.4, 0.5) is 23.2 Å². The number of hydrogen-bond donors (Lipinski definition) is 0. The summed E-state index contributed by atoms with van der Waals surface area (Å²) in [6.45, 7) is 0.685. The molecule has 0 fully saturated rings. The Morgan fingerprint density at radius 1 is 1.38 bits per heavy atom. The number of hydrogen-bond acceptors (Lipinski definition) is 6. The molecule has 0 aliphatic carbocycles. The third-order valence-electron chi connectivity index (χ3n) is 3.48. The van der Waals surface area contributed by atoms with Gasteiger partial charge in [0.05, 0.1) is 21.6 Å². The zero-order valence-electron chi connectivity index (χ0n) is 14.6. The molecule has 0 radical (unpaired) electrons. The van der Waals surface area contributed by atoms with Crippen LogP contribution in [-0.2, 0) is 22.8 Å². The van der Waals surface area contributed by atoms with E-state index in [2.05, 4.69) is 9.84 Å². The molecule has 14 heteroatoms. The fourth-order valence-corrected chi connectivity index (χ4v) is 3.03. The summed E-state index contributed by atoms with van der Waals surface area (Å²) in [4.78, 5) is 21.9. The van der Waals surface area contributed by atoms with Crippen molar-refractivity contribution in [1.29, 1.82) is 0 Å². The lowest BCUT2D eigenvalue weighted by molar-refractivity contribution is -0.385. The molecular weight excluding hydrogens is 449 g/mol. The molecule has 1 heterocycles. The summed E-state index contributed by atoms with van der Waals surface area (Å²) in [5.41, 5.74) is -4.41. The van der Waals surface area contributed by atoms with E-state index in [4.69, 9.17) is 27.9 Å². The van der Waals surface area contributed by atoms with Gasteiger partial charge in [-0.3, -0.25) is 14.8 Å². The molecule has 2 aromatic rings. The van der Waals surface area contributed by atoms with Crippen LogP contribution < -0.4 is 4.74 Å². The van der Waals surface area contributed by atoms with Crippen LogP contribution >= 0.6 is 23.2 Å². The van der Waals surface area contributed by atoms with E-state index in [-0.39, 0.29) is 6.61 Å². The Morgan fingerprint density at radius 2 is 2.00 bits per heavy atom. The van der Waals surface area contributed by atoms with E-state index in [0.717, 1.165) is 7.05 Å². The summed E-state index contributed by atoms with van der Waals surface area (Å²) in [6, 6.07) is 0.572. The summed E-state index contributed by atoms with van der Waals surface area (Å²) in [5.74, 6) is -3.02. The van der Waals surface area contributed by atoms with E-state index in [1.807, 2.05) is 0 Å². The summed E-state index contributed by atoms with van der Waals surface area (Å²) < 4.78 is 63.9. The van der Waals surface area contributed by atoms with Gasteiger partial charge in [-0.25, -0.2) is 9.18 Å². The van der Waals surface area contributed by atoms with Gasteiger partial charge in [-0.1, -0.05) is 23.2 Å². The number of nitro benzene ring substituents is 1. The van der Waals surface area contributed by atoms with Crippen LogP contribution in [-0.4, -0.2) is 33.9 Å². The predicted molar refractivity (Wildman–Crippen MR) is 92.4 cm³/mol. The average Bonchev–Trinajstić information content (AvgIpc) is 2.87. The van der Waals surface area contributed by atoms with Crippen molar-refractivity contribution in [2.75, 3.05) is 13.2 Å². The number of benzene rings is 1. The number of rotatable bonds is 6. The summed E-state index contributed by atoms with van der Waals surface area (Å²) in [6.07, 6.45) is -4.96. The molecule has 1 aromatic heterocycles. The second kappa shape index (κ2) is 8.41. The van der Waals surface area contributed by atoms with Gasteiger partial charge in [0.1, 0.15) is 17.1 Å². The number of carbonyl (C=O) groups excluding carboxylic acids is 1. The summed E-state index contributed by atoms with van der Waals surface area (Å²) in [7, 11) is 0.885. The fourth-order valence-electron chi connectivity index (χ4n) is 2.43. The van der Waals surface area contributed by atoms with E-state index in [9.17, 15) is 32.5 Å². The van der Waals surface area contributed by atoms with Gasteiger partial charge < -0.3 is 9.47 Å². The van der Waals surface area contributed by atoms with Crippen LogP contribution in [0.3, 0.4) is 0 Å². The number of aryl methyl sites for hydroxylation is 1. The van der Waals surface area contributed by atoms with E-state index in [1.54, 1.807) is 0 Å². The van der Waals surface area contributed by atoms with Crippen molar-refractivity contribution in [2.45, 2.75) is 13.1 Å². The monoisotopic (exact) mass is 459 g/mol. The maximum absolute atomic E-state index is 14.5. The molecule has 0 unspecified atom stereocenters. The van der Waals surface area contributed by atoms with Crippen molar-refractivity contribution in [2.24, 2.45) is 7.05 Å². The molecule has 0 spiro atoms. The van der Waals surface area contributed by atoms with Gasteiger partial charge in [0.2, 0.25) is 5.75 Å². The summed E-state index contributed by atoms with van der Waals surface area (Å²) >= 11 is 11.5. The highest BCUT2D eigenvalue weighted by atomic mass is 35.5. The molecule has 158 valence electrons. The second-order valence-electron chi connectivity index (χ2n) is 5.38. The standard InChI is InChI=1S/C15H11Cl2F4N3O5/c1-3-28-8(25)5-29-13-6(16)4-7(18)9(12(13)24(26)27)11-10(17)14(15(19,20)21)23(2)22-11/h4H,3,5H2,1-2H3. The van der Waals surface area contributed by atoms with Gasteiger partial charge in [-0.05, 0) is 13.0 Å². The first-order chi connectivity index (χ1) is 13.4. The highest BCUT2D eigenvalue weighted by Gasteiger charge is 2.41. The minimum atomic E-state index is -4.96. The van der Waals surface area contributed by atoms with Crippen LogP contribution in [0.2, 0.25) is 10.0 Å². The van der Waals surface area contributed by atoms with Gasteiger partial charge in [-0.15, -0.1) is 0 Å². The first kappa shape index (κ1) is 22.7. The van der Waals surface area contributed by atoms with Crippen LogP contribution in [0.1, 0.15) is 12.6 Å². The number of carbonyl (C=O) groups is 1. The Kier molecular flexibility index (Phi) is 6.58. The third-order valence-corrected chi connectivity index (χ3v) is 4.12. The van der Waals surface area contributed by atoms with Crippen molar-refractivity contribution in [3.8, 4) is 17.0 Å². The zero-order chi connectivity index (χ0) is 22.1. The predicted octanol–water partition coefficient (Wildman–Crippen LogP) is 4.40. The quantitative estimate of drug-likeness (QED) is 0.275. The van der Waals surface area contributed by atoms with E-state index in [1.165, 1.54) is 6.92 Å². The molecule has 0 aliphatic heterocycles. The Balaban J connectivity index is 2.72. The van der Waals surface area contributed by atoms with E-state index < -0.39 is 67.9 Å². The van der Waals surface area contributed by atoms with E-state index >= 15 is 0 Å². The highest BCUT2D eigenvalue weighted by molar-refractivity contribution is 6.34. The normalized spacial score (nSPS) is 11.4. The minimum Gasteiger partial charge on any atom is -0.474 e. The largest absolute Gasteiger partial charge is 0.474 e. The molecule has 0 atom stereocenters. The van der Waals surface area contributed by atoms with Crippen molar-refractivity contribution < 1.29 is 36.8 Å². The molecule has 0 amide bonds. The Morgan fingerprint density at radius 3 is 2.48 bits per heavy atom. The number of halogens is 6. The molecular formula is C15H11Cl2F4N3O5. The Hall–Kier alpha value is -2.60. The molecule has 0 N–H and O–H groups in total. The topological polar surface area (TPSA) is 96.5 Å². The van der Waals surface area contributed by atoms with Gasteiger partial charge in [0.25, 0.3) is 0 Å². The van der Waals surface area contributed by atoms with Gasteiger partial charge >= 0.3 is 17.8 Å². The average molecular weight is 460 g/mol. The molecule has 0 bridgehead atoms. The molecule has 1 aromatic carbocycles. The van der Waals surface area contributed by atoms with Gasteiger partial charge in [0, 0.05) is 7.05 Å². The summed E-state index contributed by atoms with van der Waals surface area (Å²) in [5, 5.41) is 13.4. The highest BCUT2D eigenvalue weighted by Crippen LogP contribution is 2.48. The number of aromatic nitrogens is 2. The van der Waals surface area contributed by atoms with Crippen LogP contribution in [0.25, 0.3) is 11.3 Å². The van der Waals surface area contributed by atoms with Crippen LogP contribution in [0.5, 0.6) is 5.75 Å². The zero-order valence-corrected chi connectivity index (χ0v) is 16.2. The second-order valence-corrected chi connectivity index (χ2v) is 6.16. The smallest absolute Gasteiger partial charge is 0.434 e. The Bertz CT molecular complexity index is 978. The maximum atomic E-state index is 14.5. The minimum absolute atomic E-state index is 0.00352. The molecule has 8 nitrogen and oxygen atoms in total. The van der Waals surface area contributed by atoms with Crippen LogP contribution in [0.15, 0.2) is 6.07 Å². The molecule has 2 rings (SSSR count). The molecule has 0 saturated carbocycles. The lowest BCUT2D eigenvalue weighted by Crippen LogP contribution is -2.15. The number of nitro groups is 1. The molecule has 0 saturated heterocycles. The third kappa shape index (κ3) is 4.53. The number of nitrogens with zero attached hydrogens (tertiary/aromatic N) is 3. The van der Waals surface area contributed by atoms with Gasteiger partial charge in [0.15, 0.2) is 12.3 Å². The molecule has 0 aliphatic rings. The SMILES string of the molecule is CCOC(=O)COc1c(Cl)cc(F)c(-c2nn(C)c(C(F)(F)F)c2Cl)c1[N+](=O)[O-]. The lowest BCUT2D eigenvalue weighted by atomic mass is 10.1. The van der Waals surface area contributed by atoms with Crippen molar-refractivity contribution in [3.63, 3.8) is 0 Å². The molecule has 29 heavy (non-hydrogen) atoms. The Labute approximate surface area is 170 Å².